The summed E-state index contributed by atoms with van der Waals surface area (Å²) in [6.45, 7) is 0.509. The number of carbonyl (C=O) groups is 4. The van der Waals surface area contributed by atoms with Crippen molar-refractivity contribution in [2.24, 2.45) is 0 Å². The lowest BCUT2D eigenvalue weighted by Gasteiger charge is -2.11. The molecule has 0 fully saturated rings. The Morgan fingerprint density at radius 1 is 1.38 bits per heavy atom. The molecule has 1 amide bonds. The van der Waals surface area contributed by atoms with Crippen LogP contribution in [0.2, 0.25) is 0 Å². The number of nitrogens with zero attached hydrogens (tertiary/aromatic N) is 1. The van der Waals surface area contributed by atoms with Crippen LogP contribution < -0.4 is 10.6 Å². The zero-order valence-corrected chi connectivity index (χ0v) is 13.9. The van der Waals surface area contributed by atoms with Gasteiger partial charge in [0.05, 0.1) is 24.1 Å². The van der Waals surface area contributed by atoms with Crippen molar-refractivity contribution in [3.8, 4) is 0 Å². The van der Waals surface area contributed by atoms with Gasteiger partial charge in [0.1, 0.15) is 11.4 Å². The molecule has 9 nitrogen and oxygen atoms in total. The molecule has 1 aliphatic carbocycles. The lowest BCUT2D eigenvalue weighted by Crippen LogP contribution is -2.26. The van der Waals surface area contributed by atoms with Crippen LogP contribution in [0.25, 0.3) is 0 Å². The van der Waals surface area contributed by atoms with Crippen molar-refractivity contribution >= 4 is 35.2 Å². The number of nitrogens with one attached hydrogen (secondary N) is 3. The van der Waals surface area contributed by atoms with Crippen molar-refractivity contribution in [1.29, 1.82) is 0 Å². The number of H-pyrrole nitrogens is 1. The zero-order chi connectivity index (χ0) is 17.7. The second-order valence-corrected chi connectivity index (χ2v) is 5.84. The Morgan fingerprint density at radius 2 is 2.12 bits per heavy atom. The summed E-state index contributed by atoms with van der Waals surface area (Å²) >= 11 is 1.17. The lowest BCUT2D eigenvalue weighted by molar-refractivity contribution is -0.139. The Balaban J connectivity index is 2.02. The highest BCUT2D eigenvalue weighted by atomic mass is 32.2. The zero-order valence-electron chi connectivity index (χ0n) is 13.1. The van der Waals surface area contributed by atoms with Gasteiger partial charge in [-0.1, -0.05) is 0 Å². The average Bonchev–Trinajstić information content (AvgIpc) is 3.03. The molecule has 0 atom stereocenters. The molecule has 0 saturated heterocycles. The molecule has 1 aliphatic rings. The number of aromatic nitrogens is 2. The molecule has 1 aromatic rings. The minimum atomic E-state index is -0.518. The van der Waals surface area contributed by atoms with Crippen LogP contribution in [0.5, 0.6) is 0 Å². The molecule has 24 heavy (non-hydrogen) atoms. The van der Waals surface area contributed by atoms with Gasteiger partial charge < -0.3 is 15.4 Å². The second-order valence-electron chi connectivity index (χ2n) is 4.70. The van der Waals surface area contributed by atoms with Crippen LogP contribution in [-0.4, -0.2) is 66.6 Å². The summed E-state index contributed by atoms with van der Waals surface area (Å²) < 4.78 is 4.49. The fourth-order valence-corrected chi connectivity index (χ4v) is 2.90. The van der Waals surface area contributed by atoms with Gasteiger partial charge in [-0.25, -0.2) is 0 Å². The molecule has 1 heterocycles. The van der Waals surface area contributed by atoms with E-state index in [1.807, 2.05) is 0 Å². The number of thioether (sulfide) groups is 1. The van der Waals surface area contributed by atoms with Crippen LogP contribution in [0.15, 0.2) is 11.0 Å². The van der Waals surface area contributed by atoms with Crippen molar-refractivity contribution in [2.45, 2.75) is 0 Å². The van der Waals surface area contributed by atoms with Gasteiger partial charge in [0.25, 0.3) is 5.91 Å². The van der Waals surface area contributed by atoms with Crippen LogP contribution in [0.4, 0.5) is 0 Å². The summed E-state index contributed by atoms with van der Waals surface area (Å²) in [6, 6.07) is 0. The summed E-state index contributed by atoms with van der Waals surface area (Å²) in [5.41, 5.74) is -0.0838. The van der Waals surface area contributed by atoms with Crippen molar-refractivity contribution in [1.82, 2.24) is 20.8 Å². The number of Topliss-reactive ketones (excluding diaryl/α,β-unsaturated/α-hetero) is 1. The highest BCUT2D eigenvalue weighted by Gasteiger charge is 2.33. The fourth-order valence-electron chi connectivity index (χ4n) is 2.01. The number of ether oxygens (including phenoxy) is 1. The highest BCUT2D eigenvalue weighted by molar-refractivity contribution is 8.04. The van der Waals surface area contributed by atoms with Gasteiger partial charge in [0.2, 0.25) is 11.6 Å². The first-order valence-electron chi connectivity index (χ1n) is 7.01. The number of ketones is 2. The molecule has 0 aliphatic heterocycles. The predicted octanol–water partition coefficient (Wildman–Crippen LogP) is -0.472. The molecule has 128 valence electrons. The van der Waals surface area contributed by atoms with Gasteiger partial charge in [0.15, 0.2) is 0 Å². The summed E-state index contributed by atoms with van der Waals surface area (Å²) in [4.78, 5) is 47.5. The summed E-state index contributed by atoms with van der Waals surface area (Å²) in [5, 5.41) is 11.4. The number of carbonyl (C=O) groups excluding carboxylic acids is 4. The van der Waals surface area contributed by atoms with E-state index in [2.05, 4.69) is 25.6 Å². The molecule has 0 unspecified atom stereocenters. The number of amides is 1. The standard InChI is InChI=1S/C14H16N4O5S/c1-15-14(22)12-10-11(17-18-12)7(19)5-8(13(10)21)24-4-3-16-6-9(20)23-2/h5,16H,3-4,6H2,1-2H3,(H,15,22)(H,17,18). The van der Waals surface area contributed by atoms with Crippen LogP contribution in [0, 0.1) is 0 Å². The molecule has 3 N–H and O–H groups in total. The number of allylic oxidation sites excluding steroid dienone is 2. The van der Waals surface area contributed by atoms with Gasteiger partial charge in [-0.2, -0.15) is 5.10 Å². The molecule has 0 saturated carbocycles. The number of fused-ring (bicyclic) bond motifs is 1. The Morgan fingerprint density at radius 3 is 2.79 bits per heavy atom. The Bertz CT molecular complexity index is 725. The lowest BCUT2D eigenvalue weighted by atomic mass is 9.99. The fraction of sp³-hybridized carbons (Fsp3) is 0.357. The maximum Gasteiger partial charge on any atom is 0.319 e. The van der Waals surface area contributed by atoms with E-state index in [1.165, 1.54) is 32.0 Å². The number of rotatable bonds is 7. The summed E-state index contributed by atoms with van der Waals surface area (Å²) in [7, 11) is 2.71. The first-order valence-corrected chi connectivity index (χ1v) is 7.99. The van der Waals surface area contributed by atoms with Gasteiger partial charge in [-0.15, -0.1) is 11.8 Å². The third kappa shape index (κ3) is 3.71. The molecule has 0 spiro atoms. The predicted molar refractivity (Wildman–Crippen MR) is 86.1 cm³/mol. The quantitative estimate of drug-likeness (QED) is 0.443. The normalized spacial score (nSPS) is 13.3. The number of aromatic amines is 1. The first kappa shape index (κ1) is 17.9. The van der Waals surface area contributed by atoms with E-state index in [0.29, 0.717) is 12.3 Å². The van der Waals surface area contributed by atoms with Gasteiger partial charge in [-0.3, -0.25) is 24.3 Å². The Kier molecular flexibility index (Phi) is 5.88. The van der Waals surface area contributed by atoms with Crippen molar-refractivity contribution in [3.63, 3.8) is 0 Å². The van der Waals surface area contributed by atoms with E-state index in [-0.39, 0.29) is 34.4 Å². The van der Waals surface area contributed by atoms with E-state index in [0.717, 1.165) is 0 Å². The molecule has 0 bridgehead atoms. The monoisotopic (exact) mass is 352 g/mol. The van der Waals surface area contributed by atoms with E-state index in [9.17, 15) is 19.2 Å². The Labute approximate surface area is 141 Å². The number of esters is 1. The van der Waals surface area contributed by atoms with Gasteiger partial charge in [-0.05, 0) is 0 Å². The second kappa shape index (κ2) is 7.88. The smallest absolute Gasteiger partial charge is 0.319 e. The number of methoxy groups -OCH3 is 1. The highest BCUT2D eigenvalue weighted by Crippen LogP contribution is 2.29. The number of hydrogen-bond acceptors (Lipinski definition) is 8. The molecule has 0 aromatic carbocycles. The van der Waals surface area contributed by atoms with Crippen molar-refractivity contribution < 1.29 is 23.9 Å². The van der Waals surface area contributed by atoms with Crippen LogP contribution in [0.1, 0.15) is 31.3 Å². The number of hydrogen-bond donors (Lipinski definition) is 3. The van der Waals surface area contributed by atoms with Gasteiger partial charge in [0, 0.05) is 25.4 Å². The third-order valence-corrected chi connectivity index (χ3v) is 4.22. The van der Waals surface area contributed by atoms with E-state index >= 15 is 0 Å². The van der Waals surface area contributed by atoms with E-state index < -0.39 is 17.5 Å². The topological polar surface area (TPSA) is 130 Å². The molecular formula is C14H16N4O5S. The molecule has 10 heteroatoms. The maximum atomic E-state index is 12.5. The summed E-state index contributed by atoms with van der Waals surface area (Å²) in [6.07, 6.45) is 1.21. The SMILES string of the molecule is CNC(=O)c1[nH]nc2c1C(=O)C(SCCNCC(=O)OC)=CC2=O. The molecule has 2 rings (SSSR count). The average molecular weight is 352 g/mol. The minimum Gasteiger partial charge on any atom is -0.468 e. The van der Waals surface area contributed by atoms with Crippen LogP contribution in [0.3, 0.4) is 0 Å². The summed E-state index contributed by atoms with van der Waals surface area (Å²) in [5.74, 6) is -1.29. The largest absolute Gasteiger partial charge is 0.468 e. The molecule has 0 radical (unpaired) electrons. The van der Waals surface area contributed by atoms with Crippen molar-refractivity contribution in [3.05, 3.63) is 27.9 Å². The van der Waals surface area contributed by atoms with Crippen LogP contribution >= 0.6 is 11.8 Å². The molecule has 1 aromatic heterocycles. The van der Waals surface area contributed by atoms with E-state index in [1.54, 1.807) is 0 Å². The van der Waals surface area contributed by atoms with Crippen LogP contribution in [-0.2, 0) is 9.53 Å². The third-order valence-electron chi connectivity index (χ3n) is 3.20. The Hall–Kier alpha value is -2.46. The van der Waals surface area contributed by atoms with Crippen molar-refractivity contribution in [2.75, 3.05) is 33.0 Å². The van der Waals surface area contributed by atoms with Gasteiger partial charge >= 0.3 is 5.97 Å². The minimum absolute atomic E-state index is 0.00753. The van der Waals surface area contributed by atoms with E-state index in [4.69, 9.17) is 0 Å². The maximum absolute atomic E-state index is 12.5. The molecular weight excluding hydrogens is 336 g/mol. The first-order chi connectivity index (χ1) is 11.5.